The predicted molar refractivity (Wildman–Crippen MR) is 172 cm³/mol. The van der Waals surface area contributed by atoms with E-state index in [-0.39, 0.29) is 16.5 Å². The highest BCUT2D eigenvalue weighted by molar-refractivity contribution is 8.00. The van der Waals surface area contributed by atoms with E-state index in [2.05, 4.69) is 10.2 Å². The van der Waals surface area contributed by atoms with Crippen LogP contribution in [0.3, 0.4) is 0 Å². The predicted octanol–water partition coefficient (Wildman–Crippen LogP) is 6.42. The number of nitrogens with zero attached hydrogens (tertiary/aromatic N) is 3. The molecular weight excluding hydrogens is 615 g/mol. The number of aliphatic hydroxyl groups excluding tert-OH is 1. The molecule has 4 aromatic rings. The first-order valence-electron chi connectivity index (χ1n) is 14.6. The van der Waals surface area contributed by atoms with Gasteiger partial charge in [-0.15, -0.1) is 10.2 Å². The molecule has 0 spiro atoms. The zero-order valence-corrected chi connectivity index (χ0v) is 26.4. The topological polar surface area (TPSA) is 120 Å². The van der Waals surface area contributed by atoms with E-state index in [0.29, 0.717) is 70.6 Å². The van der Waals surface area contributed by atoms with Crippen molar-refractivity contribution in [1.82, 2.24) is 10.2 Å². The summed E-state index contributed by atoms with van der Waals surface area (Å²) in [6, 6.07) is 19.1. The minimum absolute atomic E-state index is 0.0879. The largest absolute Gasteiger partial charge is 0.507 e. The van der Waals surface area contributed by atoms with Crippen molar-refractivity contribution in [2.24, 2.45) is 0 Å². The number of rotatable bonds is 11. The van der Waals surface area contributed by atoms with Gasteiger partial charge in [0, 0.05) is 11.3 Å². The summed E-state index contributed by atoms with van der Waals surface area (Å²) in [5, 5.41) is 20.5. The molecule has 1 aromatic heterocycles. The lowest BCUT2D eigenvalue weighted by molar-refractivity contribution is -0.132. The van der Waals surface area contributed by atoms with E-state index in [4.69, 9.17) is 18.9 Å². The average molecular weight is 646 g/mol. The molecule has 0 bridgehead atoms. The van der Waals surface area contributed by atoms with Crippen LogP contribution in [0.2, 0.25) is 0 Å². The SMILES string of the molecule is CCCOc1ccc([C@H]2C(=C(O)c3ccc4c(c3)OCCO4)C(=O)C(=O)N2c2nnc(SCc3ccccc3)s2)cc1OCC. The van der Waals surface area contributed by atoms with Crippen molar-refractivity contribution in [1.29, 1.82) is 0 Å². The number of anilines is 1. The first-order chi connectivity index (χ1) is 22.0. The maximum Gasteiger partial charge on any atom is 0.301 e. The van der Waals surface area contributed by atoms with Gasteiger partial charge in [-0.1, -0.05) is 66.4 Å². The molecule has 3 aromatic carbocycles. The number of carbonyl (C=O) groups excluding carboxylic acids is 2. The molecule has 3 heterocycles. The molecule has 0 aliphatic carbocycles. The van der Waals surface area contributed by atoms with Crippen LogP contribution in [0.4, 0.5) is 5.13 Å². The van der Waals surface area contributed by atoms with Crippen LogP contribution in [0, 0.1) is 0 Å². The van der Waals surface area contributed by atoms with Crippen LogP contribution in [-0.4, -0.2) is 53.4 Å². The second-order valence-electron chi connectivity index (χ2n) is 10.1. The van der Waals surface area contributed by atoms with Crippen molar-refractivity contribution in [3.05, 3.63) is 89.0 Å². The first-order valence-corrected chi connectivity index (χ1v) is 16.4. The van der Waals surface area contributed by atoms with Crippen molar-refractivity contribution in [3.8, 4) is 23.0 Å². The van der Waals surface area contributed by atoms with Crippen molar-refractivity contribution in [3.63, 3.8) is 0 Å². The van der Waals surface area contributed by atoms with E-state index in [9.17, 15) is 14.7 Å². The molecule has 6 rings (SSSR count). The summed E-state index contributed by atoms with van der Waals surface area (Å²) >= 11 is 2.69. The van der Waals surface area contributed by atoms with E-state index in [1.165, 1.54) is 28.0 Å². The number of benzene rings is 3. The lowest BCUT2D eigenvalue weighted by Gasteiger charge is -2.24. The van der Waals surface area contributed by atoms with Gasteiger partial charge in [-0.3, -0.25) is 14.5 Å². The fraction of sp³-hybridized carbons (Fsp3) is 0.273. The summed E-state index contributed by atoms with van der Waals surface area (Å²) in [7, 11) is 0. The minimum Gasteiger partial charge on any atom is -0.507 e. The lowest BCUT2D eigenvalue weighted by Crippen LogP contribution is -2.29. The summed E-state index contributed by atoms with van der Waals surface area (Å²) in [6.07, 6.45) is 0.810. The summed E-state index contributed by atoms with van der Waals surface area (Å²) in [5.41, 5.74) is 1.88. The van der Waals surface area contributed by atoms with E-state index in [1.807, 2.05) is 44.2 Å². The van der Waals surface area contributed by atoms with E-state index in [0.717, 1.165) is 12.0 Å². The molecule has 1 saturated heterocycles. The second-order valence-corrected chi connectivity index (χ2v) is 12.3. The van der Waals surface area contributed by atoms with Crippen LogP contribution < -0.4 is 23.8 Å². The molecule has 1 fully saturated rings. The number of ketones is 1. The summed E-state index contributed by atoms with van der Waals surface area (Å²) < 4.78 is 23.7. The fourth-order valence-electron chi connectivity index (χ4n) is 5.06. The van der Waals surface area contributed by atoms with Gasteiger partial charge in [-0.25, -0.2) is 0 Å². The van der Waals surface area contributed by atoms with E-state index < -0.39 is 17.7 Å². The van der Waals surface area contributed by atoms with E-state index in [1.54, 1.807) is 36.4 Å². The minimum atomic E-state index is -1.02. The number of amides is 1. The Labute approximate surface area is 268 Å². The normalized spacial score (nSPS) is 17.0. The molecule has 1 N–H and O–H groups in total. The highest BCUT2D eigenvalue weighted by atomic mass is 32.2. The molecule has 0 unspecified atom stereocenters. The third-order valence-electron chi connectivity index (χ3n) is 7.11. The molecule has 12 heteroatoms. The standard InChI is InChI=1S/C33H31N3O7S2/c1-3-14-41-23-12-10-21(17-25(23)40-4-2)28-27(29(37)22-11-13-24-26(18-22)43-16-15-42-24)30(38)31(39)36(28)32-34-35-33(45-32)44-19-20-8-6-5-7-9-20/h5-13,17-18,28,37H,3-4,14-16,19H2,1-2H3/t28-/m0/s1. The molecule has 2 aliphatic rings. The molecule has 2 aliphatic heterocycles. The fourth-order valence-corrected chi connectivity index (χ4v) is 6.89. The van der Waals surface area contributed by atoms with Gasteiger partial charge < -0.3 is 24.1 Å². The number of ether oxygens (including phenoxy) is 4. The molecule has 45 heavy (non-hydrogen) atoms. The van der Waals surface area contributed by atoms with Gasteiger partial charge >= 0.3 is 5.91 Å². The number of hydrogen-bond donors (Lipinski definition) is 1. The van der Waals surface area contributed by atoms with Crippen LogP contribution in [-0.2, 0) is 15.3 Å². The monoisotopic (exact) mass is 645 g/mol. The molecule has 1 amide bonds. The van der Waals surface area contributed by atoms with Gasteiger partial charge in [0.15, 0.2) is 27.3 Å². The lowest BCUT2D eigenvalue weighted by atomic mass is 9.95. The smallest absolute Gasteiger partial charge is 0.301 e. The summed E-state index contributed by atoms with van der Waals surface area (Å²) in [6.45, 7) is 5.51. The number of thioether (sulfide) groups is 1. The Hall–Kier alpha value is -4.55. The van der Waals surface area contributed by atoms with E-state index >= 15 is 0 Å². The number of hydrogen-bond acceptors (Lipinski definition) is 11. The maximum absolute atomic E-state index is 13.7. The van der Waals surface area contributed by atoms with Crippen molar-refractivity contribution < 1.29 is 33.6 Å². The Morgan fingerprint density at radius 1 is 0.978 bits per heavy atom. The Kier molecular flexibility index (Phi) is 9.22. The van der Waals surface area contributed by atoms with Crippen molar-refractivity contribution in [2.45, 2.75) is 36.4 Å². The molecule has 1 atom stereocenters. The van der Waals surface area contributed by atoms with Crippen molar-refractivity contribution >= 4 is 45.7 Å². The Morgan fingerprint density at radius 2 is 1.78 bits per heavy atom. The zero-order chi connectivity index (χ0) is 31.3. The Balaban J connectivity index is 1.43. The molecule has 10 nitrogen and oxygen atoms in total. The van der Waals surface area contributed by atoms with Gasteiger partial charge in [-0.05, 0) is 54.8 Å². The highest BCUT2D eigenvalue weighted by Crippen LogP contribution is 2.46. The van der Waals surface area contributed by atoms with Gasteiger partial charge in [0.1, 0.15) is 19.0 Å². The Bertz CT molecular complexity index is 1740. The van der Waals surface area contributed by atoms with Gasteiger partial charge in [0.25, 0.3) is 5.78 Å². The highest BCUT2D eigenvalue weighted by Gasteiger charge is 2.48. The number of fused-ring (bicyclic) bond motifs is 1. The number of aliphatic hydroxyl groups is 1. The summed E-state index contributed by atoms with van der Waals surface area (Å²) in [5.74, 6) is 0.643. The number of Topliss-reactive ketones (excluding diaryl/α,β-unsaturated/α-hetero) is 1. The van der Waals surface area contributed by atoms with Crippen LogP contribution in [0.15, 0.2) is 76.6 Å². The zero-order valence-electron chi connectivity index (χ0n) is 24.7. The van der Waals surface area contributed by atoms with Crippen LogP contribution in [0.1, 0.15) is 43.0 Å². The van der Waals surface area contributed by atoms with Gasteiger partial charge in [0.05, 0.1) is 24.8 Å². The maximum atomic E-state index is 13.7. The molecule has 232 valence electrons. The second kappa shape index (κ2) is 13.6. The van der Waals surface area contributed by atoms with Crippen LogP contribution >= 0.6 is 23.1 Å². The number of aromatic nitrogens is 2. The Morgan fingerprint density at radius 3 is 2.56 bits per heavy atom. The van der Waals surface area contributed by atoms with Crippen LogP contribution in [0.5, 0.6) is 23.0 Å². The third-order valence-corrected chi connectivity index (χ3v) is 9.24. The number of carbonyl (C=O) groups is 2. The first kappa shape index (κ1) is 30.5. The molecule has 0 saturated carbocycles. The van der Waals surface area contributed by atoms with Crippen LogP contribution in [0.25, 0.3) is 5.76 Å². The molecular formula is C33H31N3O7S2. The van der Waals surface area contributed by atoms with Gasteiger partial charge in [0.2, 0.25) is 5.13 Å². The molecule has 0 radical (unpaired) electrons. The van der Waals surface area contributed by atoms with Crippen molar-refractivity contribution in [2.75, 3.05) is 31.3 Å². The average Bonchev–Trinajstić information content (AvgIpc) is 3.64. The quantitative estimate of drug-likeness (QED) is 0.0644. The van der Waals surface area contributed by atoms with Gasteiger partial charge in [-0.2, -0.15) is 0 Å². The summed E-state index contributed by atoms with van der Waals surface area (Å²) in [4.78, 5) is 28.8. The third kappa shape index (κ3) is 6.34.